The van der Waals surface area contributed by atoms with E-state index < -0.39 is 20.9 Å². The summed E-state index contributed by atoms with van der Waals surface area (Å²) >= 11 is 0.862. The second-order valence-electron chi connectivity index (χ2n) is 8.00. The Morgan fingerprint density at radius 1 is 0.939 bits per heavy atom. The van der Waals surface area contributed by atoms with Crippen LogP contribution in [-0.2, 0) is 21.2 Å². The first-order valence-electron chi connectivity index (χ1n) is 10.3. The molecule has 3 aromatic carbocycles. The molecule has 0 unspecified atom stereocenters. The Balaban J connectivity index is 1.93. The van der Waals surface area contributed by atoms with Crippen molar-refractivity contribution in [2.75, 3.05) is 4.31 Å². The van der Waals surface area contributed by atoms with E-state index in [0.717, 1.165) is 26.8 Å². The molecule has 0 aliphatic carbocycles. The van der Waals surface area contributed by atoms with E-state index in [-0.39, 0.29) is 17.0 Å². The molecule has 4 rings (SSSR count). The fraction of sp³-hybridized carbons (Fsp3) is 0.200. The van der Waals surface area contributed by atoms with E-state index in [1.807, 2.05) is 26.0 Å². The normalized spacial score (nSPS) is 11.6. The molecule has 1 amide bonds. The number of fused-ring (bicyclic) bond motifs is 1. The molecule has 1 aromatic heterocycles. The van der Waals surface area contributed by atoms with Crippen LogP contribution in [0.4, 0.5) is 5.69 Å². The van der Waals surface area contributed by atoms with Gasteiger partial charge in [0, 0.05) is 0 Å². The maximum atomic E-state index is 14.1. The lowest BCUT2D eigenvalue weighted by Crippen LogP contribution is -2.39. The number of hydrogen-bond acceptors (Lipinski definition) is 6. The van der Waals surface area contributed by atoms with E-state index in [9.17, 15) is 18.0 Å². The third-order valence-corrected chi connectivity index (χ3v) is 8.58. The van der Waals surface area contributed by atoms with Crippen molar-refractivity contribution in [3.63, 3.8) is 0 Å². The molecule has 0 N–H and O–H groups in total. The lowest BCUT2D eigenvalue weighted by molar-refractivity contribution is -0.116. The summed E-state index contributed by atoms with van der Waals surface area (Å²) in [4.78, 5) is 24.8. The second-order valence-corrected chi connectivity index (χ2v) is 10.7. The lowest BCUT2D eigenvalue weighted by atomic mass is 10.0. The summed E-state index contributed by atoms with van der Waals surface area (Å²) in [6.07, 6.45) is -0.0946. The number of aryl methyl sites for hydroxylation is 2. The summed E-state index contributed by atoms with van der Waals surface area (Å²) in [5, 5.41) is 0. The van der Waals surface area contributed by atoms with Gasteiger partial charge in [0.1, 0.15) is 5.58 Å². The molecule has 8 heteroatoms. The number of benzene rings is 3. The smallest absolute Gasteiger partial charge is 0.396 e. The van der Waals surface area contributed by atoms with Crippen molar-refractivity contribution in [1.29, 1.82) is 0 Å². The van der Waals surface area contributed by atoms with Crippen LogP contribution in [0.3, 0.4) is 0 Å². The zero-order chi connectivity index (χ0) is 23.9. The number of carbonyl (C=O) groups excluding carboxylic acids is 1. The fourth-order valence-electron chi connectivity index (χ4n) is 3.91. The Labute approximate surface area is 196 Å². The third kappa shape index (κ3) is 4.24. The Bertz CT molecular complexity index is 1510. The molecule has 170 valence electrons. The molecule has 0 aliphatic heterocycles. The van der Waals surface area contributed by atoms with Gasteiger partial charge in [-0.2, -0.15) is 0 Å². The van der Waals surface area contributed by atoms with Crippen molar-refractivity contribution >= 4 is 43.2 Å². The van der Waals surface area contributed by atoms with Crippen LogP contribution < -0.4 is 9.24 Å². The van der Waals surface area contributed by atoms with Gasteiger partial charge in [-0.3, -0.25) is 4.79 Å². The van der Waals surface area contributed by atoms with Crippen LogP contribution in [0.25, 0.3) is 10.3 Å². The van der Waals surface area contributed by atoms with Gasteiger partial charge in [0.05, 0.1) is 21.7 Å². The number of anilines is 1. The van der Waals surface area contributed by atoms with Gasteiger partial charge in [0.25, 0.3) is 10.0 Å². The molecule has 0 fully saturated rings. The monoisotopic (exact) mass is 481 g/mol. The van der Waals surface area contributed by atoms with E-state index in [2.05, 4.69) is 0 Å². The number of amides is 1. The summed E-state index contributed by atoms with van der Waals surface area (Å²) in [6.45, 7) is 7.21. The van der Waals surface area contributed by atoms with Gasteiger partial charge in [0.15, 0.2) is 0 Å². The average molecular weight is 482 g/mol. The average Bonchev–Trinajstić information content (AvgIpc) is 3.12. The van der Waals surface area contributed by atoms with E-state index in [4.69, 9.17) is 4.42 Å². The molecule has 0 atom stereocenters. The van der Waals surface area contributed by atoms with Crippen LogP contribution in [0, 0.1) is 27.7 Å². The van der Waals surface area contributed by atoms with E-state index in [1.54, 1.807) is 38.1 Å². The highest BCUT2D eigenvalue weighted by molar-refractivity contribution is 7.93. The SMILES string of the molecule is Cc1cc(C)c(C)c(S(=O)(=O)N(C(=O)Cc2ccccc2)c2ccc3oc(=O)sc3c2)c1C. The zero-order valence-electron chi connectivity index (χ0n) is 18.7. The minimum absolute atomic E-state index is 0.0946. The number of sulfonamides is 1. The fourth-order valence-corrected chi connectivity index (χ4v) is 6.61. The molecule has 0 spiro atoms. The van der Waals surface area contributed by atoms with E-state index >= 15 is 0 Å². The van der Waals surface area contributed by atoms with E-state index in [1.165, 1.54) is 18.2 Å². The van der Waals surface area contributed by atoms with Crippen LogP contribution in [0.5, 0.6) is 0 Å². The predicted molar refractivity (Wildman–Crippen MR) is 131 cm³/mol. The molecule has 0 radical (unpaired) electrons. The maximum Gasteiger partial charge on any atom is 0.396 e. The van der Waals surface area contributed by atoms with E-state index in [0.29, 0.717) is 27.0 Å². The number of rotatable bonds is 5. The highest BCUT2D eigenvalue weighted by Gasteiger charge is 2.34. The van der Waals surface area contributed by atoms with Crippen molar-refractivity contribution in [3.05, 3.63) is 92.1 Å². The molecule has 0 bridgehead atoms. The molecule has 1 heterocycles. The van der Waals surface area contributed by atoms with Crippen molar-refractivity contribution < 1.29 is 17.6 Å². The molecule has 0 saturated heterocycles. The topological polar surface area (TPSA) is 84.7 Å². The van der Waals surface area contributed by atoms with Crippen LogP contribution in [0.15, 0.2) is 68.7 Å². The minimum Gasteiger partial charge on any atom is -0.414 e. The molecule has 6 nitrogen and oxygen atoms in total. The summed E-state index contributed by atoms with van der Waals surface area (Å²) in [6, 6.07) is 15.5. The summed E-state index contributed by atoms with van der Waals surface area (Å²) in [7, 11) is -4.26. The van der Waals surface area contributed by atoms with Crippen molar-refractivity contribution in [3.8, 4) is 0 Å². The Kier molecular flexibility index (Phi) is 5.99. The summed E-state index contributed by atoms with van der Waals surface area (Å²) in [5.74, 6) is -0.589. The van der Waals surface area contributed by atoms with Gasteiger partial charge in [0.2, 0.25) is 5.91 Å². The molecular formula is C25H23NO5S2. The second kappa shape index (κ2) is 8.61. The van der Waals surface area contributed by atoms with Crippen molar-refractivity contribution in [1.82, 2.24) is 0 Å². The van der Waals surface area contributed by atoms with Gasteiger partial charge >= 0.3 is 4.94 Å². The molecule has 0 saturated carbocycles. The Morgan fingerprint density at radius 2 is 1.58 bits per heavy atom. The van der Waals surface area contributed by atoms with Crippen LogP contribution in [0.1, 0.15) is 27.8 Å². The Morgan fingerprint density at radius 3 is 2.21 bits per heavy atom. The number of carbonyl (C=O) groups is 1. The molecular weight excluding hydrogens is 458 g/mol. The highest BCUT2D eigenvalue weighted by Crippen LogP contribution is 2.33. The first-order valence-corrected chi connectivity index (χ1v) is 12.6. The summed E-state index contributed by atoms with van der Waals surface area (Å²) in [5.41, 5.74) is 4.07. The molecule has 4 aromatic rings. The largest absolute Gasteiger partial charge is 0.414 e. The van der Waals surface area contributed by atoms with Gasteiger partial charge in [-0.15, -0.1) is 0 Å². The lowest BCUT2D eigenvalue weighted by Gasteiger charge is -2.26. The first kappa shape index (κ1) is 22.9. The quantitative estimate of drug-likeness (QED) is 0.398. The maximum absolute atomic E-state index is 14.1. The highest BCUT2D eigenvalue weighted by atomic mass is 32.2. The van der Waals surface area contributed by atoms with Crippen LogP contribution >= 0.6 is 11.3 Å². The van der Waals surface area contributed by atoms with Gasteiger partial charge in [-0.05, 0) is 73.7 Å². The van der Waals surface area contributed by atoms with Crippen molar-refractivity contribution in [2.45, 2.75) is 39.0 Å². The third-order valence-electron chi connectivity index (χ3n) is 5.77. The van der Waals surface area contributed by atoms with Crippen LogP contribution in [-0.4, -0.2) is 14.3 Å². The molecule has 33 heavy (non-hydrogen) atoms. The zero-order valence-corrected chi connectivity index (χ0v) is 20.3. The van der Waals surface area contributed by atoms with Gasteiger partial charge < -0.3 is 4.42 Å². The number of nitrogens with zero attached hydrogens (tertiary/aromatic N) is 1. The van der Waals surface area contributed by atoms with Gasteiger partial charge in [-0.25, -0.2) is 17.5 Å². The Hall–Kier alpha value is -3.23. The molecule has 0 aliphatic rings. The standard InChI is InChI=1S/C25H23NO5S2/c1-15-12-16(2)18(4)24(17(15)3)33(29,30)26(23(27)13-19-8-6-5-7-9-19)20-10-11-21-22(14-20)32-25(28)31-21/h5-12,14H,13H2,1-4H3. The first-order chi connectivity index (χ1) is 15.6. The van der Waals surface area contributed by atoms with Crippen LogP contribution in [0.2, 0.25) is 0 Å². The minimum atomic E-state index is -4.26. The summed E-state index contributed by atoms with van der Waals surface area (Å²) < 4.78 is 34.6. The van der Waals surface area contributed by atoms with Crippen molar-refractivity contribution in [2.24, 2.45) is 0 Å². The predicted octanol–water partition coefficient (Wildman–Crippen LogP) is 5.05. The number of hydrogen-bond donors (Lipinski definition) is 0. The van der Waals surface area contributed by atoms with Gasteiger partial charge in [-0.1, -0.05) is 47.7 Å².